The van der Waals surface area contributed by atoms with E-state index in [-0.39, 0.29) is 11.6 Å². The van der Waals surface area contributed by atoms with Gasteiger partial charge >= 0.3 is 5.97 Å². The molecule has 132 valence electrons. The number of benzene rings is 2. The summed E-state index contributed by atoms with van der Waals surface area (Å²) in [6, 6.07) is 10.9. The maximum absolute atomic E-state index is 13.3. The second kappa shape index (κ2) is 7.65. The van der Waals surface area contributed by atoms with E-state index in [1.165, 1.54) is 25.3 Å². The summed E-state index contributed by atoms with van der Waals surface area (Å²) in [6.45, 7) is 3.95. The van der Waals surface area contributed by atoms with Gasteiger partial charge in [-0.15, -0.1) is 0 Å². The standard InChI is InChI=1S/C20H16FNO4/c1-3-9-25-17-8-7-13(11-18(17)24-2)10-16-20(23)26-19(22-16)14-5-4-6-15(21)12-14/h3-8,10-12H,1,9H2,2H3/b16-10-. The molecule has 0 spiro atoms. The smallest absolute Gasteiger partial charge is 0.363 e. The first-order chi connectivity index (χ1) is 12.6. The molecule has 0 N–H and O–H groups in total. The topological polar surface area (TPSA) is 57.1 Å². The molecule has 6 heteroatoms. The van der Waals surface area contributed by atoms with Crippen LogP contribution >= 0.6 is 0 Å². The summed E-state index contributed by atoms with van der Waals surface area (Å²) >= 11 is 0. The molecule has 0 radical (unpaired) electrons. The zero-order valence-corrected chi connectivity index (χ0v) is 14.1. The average Bonchev–Trinajstić information content (AvgIpc) is 3.01. The number of methoxy groups -OCH3 is 1. The summed E-state index contributed by atoms with van der Waals surface area (Å²) in [7, 11) is 1.52. The van der Waals surface area contributed by atoms with Crippen LogP contribution in [0.15, 0.2) is 65.8 Å². The molecular formula is C20H16FNO4. The lowest BCUT2D eigenvalue weighted by Gasteiger charge is -2.09. The molecule has 2 aromatic rings. The summed E-state index contributed by atoms with van der Waals surface area (Å²) in [5, 5.41) is 0. The van der Waals surface area contributed by atoms with Gasteiger partial charge in [0.15, 0.2) is 17.2 Å². The van der Waals surface area contributed by atoms with E-state index in [0.717, 1.165) is 0 Å². The van der Waals surface area contributed by atoms with E-state index in [2.05, 4.69) is 11.6 Å². The number of hydrogen-bond donors (Lipinski definition) is 0. The fourth-order valence-electron chi connectivity index (χ4n) is 2.35. The van der Waals surface area contributed by atoms with Gasteiger partial charge in [0.1, 0.15) is 12.4 Å². The lowest BCUT2D eigenvalue weighted by molar-refractivity contribution is -0.129. The molecule has 1 aliphatic rings. The van der Waals surface area contributed by atoms with Crippen molar-refractivity contribution in [2.24, 2.45) is 4.99 Å². The predicted octanol–water partition coefficient (Wildman–Crippen LogP) is 3.74. The van der Waals surface area contributed by atoms with Crippen LogP contribution < -0.4 is 9.47 Å². The molecule has 1 heterocycles. The predicted molar refractivity (Wildman–Crippen MR) is 95.7 cm³/mol. The third-order valence-electron chi connectivity index (χ3n) is 3.54. The summed E-state index contributed by atoms with van der Waals surface area (Å²) in [6.07, 6.45) is 3.20. The number of nitrogens with zero attached hydrogens (tertiary/aromatic N) is 1. The van der Waals surface area contributed by atoms with Crippen molar-refractivity contribution < 1.29 is 23.4 Å². The first-order valence-corrected chi connectivity index (χ1v) is 7.81. The van der Waals surface area contributed by atoms with Gasteiger partial charge in [-0.25, -0.2) is 14.2 Å². The molecule has 5 nitrogen and oxygen atoms in total. The normalized spacial score (nSPS) is 14.8. The Morgan fingerprint density at radius 2 is 2.08 bits per heavy atom. The largest absolute Gasteiger partial charge is 0.493 e. The summed E-state index contributed by atoms with van der Waals surface area (Å²) in [5.41, 5.74) is 1.20. The Balaban J connectivity index is 1.89. The minimum absolute atomic E-state index is 0.0682. The summed E-state index contributed by atoms with van der Waals surface area (Å²) < 4.78 is 29.2. The van der Waals surface area contributed by atoms with Crippen LogP contribution in [0.4, 0.5) is 4.39 Å². The highest BCUT2D eigenvalue weighted by Crippen LogP contribution is 2.29. The van der Waals surface area contributed by atoms with Gasteiger partial charge in [0.05, 0.1) is 7.11 Å². The Labute approximate surface area is 150 Å². The van der Waals surface area contributed by atoms with Gasteiger partial charge in [-0.2, -0.15) is 0 Å². The number of esters is 1. The maximum atomic E-state index is 13.3. The summed E-state index contributed by atoms with van der Waals surface area (Å²) in [5.74, 6) is 0.113. The van der Waals surface area contributed by atoms with Crippen LogP contribution in [0.1, 0.15) is 11.1 Å². The fraction of sp³-hybridized carbons (Fsp3) is 0.100. The number of carbonyl (C=O) groups is 1. The fourth-order valence-corrected chi connectivity index (χ4v) is 2.35. The average molecular weight is 353 g/mol. The van der Waals surface area contributed by atoms with Gasteiger partial charge in [0, 0.05) is 5.56 Å². The van der Waals surface area contributed by atoms with E-state index in [9.17, 15) is 9.18 Å². The molecule has 26 heavy (non-hydrogen) atoms. The molecule has 0 amide bonds. The molecule has 0 saturated heterocycles. The van der Waals surface area contributed by atoms with E-state index in [4.69, 9.17) is 14.2 Å². The number of halogens is 1. The zero-order valence-electron chi connectivity index (χ0n) is 14.1. The SMILES string of the molecule is C=CCOc1ccc(/C=C2\N=C(c3cccc(F)c3)OC2=O)cc1OC. The third kappa shape index (κ3) is 3.80. The van der Waals surface area contributed by atoms with Crippen LogP contribution in [0.25, 0.3) is 6.08 Å². The second-order valence-corrected chi connectivity index (χ2v) is 5.36. The van der Waals surface area contributed by atoms with Crippen molar-refractivity contribution in [1.29, 1.82) is 0 Å². The number of hydrogen-bond acceptors (Lipinski definition) is 5. The molecule has 0 saturated carbocycles. The van der Waals surface area contributed by atoms with E-state index in [0.29, 0.717) is 29.2 Å². The van der Waals surface area contributed by atoms with Crippen LogP contribution in [0.3, 0.4) is 0 Å². The Kier molecular flexibility index (Phi) is 5.12. The molecule has 0 aromatic heterocycles. The van der Waals surface area contributed by atoms with Gasteiger partial charge in [-0.05, 0) is 42.0 Å². The van der Waals surface area contributed by atoms with Crippen molar-refractivity contribution in [2.75, 3.05) is 13.7 Å². The molecule has 2 aromatic carbocycles. The van der Waals surface area contributed by atoms with Crippen molar-refractivity contribution in [2.45, 2.75) is 0 Å². The summed E-state index contributed by atoms with van der Waals surface area (Å²) in [4.78, 5) is 16.2. The van der Waals surface area contributed by atoms with E-state index >= 15 is 0 Å². The number of carbonyl (C=O) groups excluding carboxylic acids is 1. The van der Waals surface area contributed by atoms with Crippen LogP contribution in [0.5, 0.6) is 11.5 Å². The maximum Gasteiger partial charge on any atom is 0.363 e. The highest BCUT2D eigenvalue weighted by Gasteiger charge is 2.24. The van der Waals surface area contributed by atoms with Crippen LogP contribution in [-0.2, 0) is 9.53 Å². The molecule has 0 fully saturated rings. The van der Waals surface area contributed by atoms with Gasteiger partial charge in [-0.1, -0.05) is 24.8 Å². The van der Waals surface area contributed by atoms with Gasteiger partial charge in [0.25, 0.3) is 0 Å². The number of aliphatic imine (C=N–C) groups is 1. The van der Waals surface area contributed by atoms with Crippen molar-refractivity contribution in [3.05, 3.63) is 77.8 Å². The Hall–Kier alpha value is -3.41. The quantitative estimate of drug-likeness (QED) is 0.451. The molecule has 0 unspecified atom stereocenters. The zero-order chi connectivity index (χ0) is 18.5. The van der Waals surface area contributed by atoms with E-state index in [1.54, 1.807) is 36.4 Å². The van der Waals surface area contributed by atoms with Crippen molar-refractivity contribution in [3.63, 3.8) is 0 Å². The second-order valence-electron chi connectivity index (χ2n) is 5.36. The molecule has 0 atom stereocenters. The lowest BCUT2D eigenvalue weighted by atomic mass is 10.1. The number of rotatable bonds is 6. The van der Waals surface area contributed by atoms with Crippen molar-refractivity contribution in [1.82, 2.24) is 0 Å². The number of ether oxygens (including phenoxy) is 3. The number of cyclic esters (lactones) is 1. The molecule has 1 aliphatic heterocycles. The monoisotopic (exact) mass is 353 g/mol. The van der Waals surface area contributed by atoms with Crippen LogP contribution in [-0.4, -0.2) is 25.6 Å². The molecule has 0 aliphatic carbocycles. The van der Waals surface area contributed by atoms with E-state index in [1.807, 2.05) is 0 Å². The molecule has 0 bridgehead atoms. The van der Waals surface area contributed by atoms with E-state index < -0.39 is 11.8 Å². The third-order valence-corrected chi connectivity index (χ3v) is 3.54. The van der Waals surface area contributed by atoms with Crippen molar-refractivity contribution in [3.8, 4) is 11.5 Å². The highest BCUT2D eigenvalue weighted by atomic mass is 19.1. The first-order valence-electron chi connectivity index (χ1n) is 7.81. The molecular weight excluding hydrogens is 337 g/mol. The Morgan fingerprint density at radius 1 is 1.23 bits per heavy atom. The Morgan fingerprint density at radius 3 is 2.81 bits per heavy atom. The minimum Gasteiger partial charge on any atom is -0.493 e. The Bertz CT molecular complexity index is 918. The van der Waals surface area contributed by atoms with Crippen LogP contribution in [0, 0.1) is 5.82 Å². The minimum atomic E-state index is -0.602. The van der Waals surface area contributed by atoms with Gasteiger partial charge in [-0.3, -0.25) is 0 Å². The van der Waals surface area contributed by atoms with Crippen LogP contribution in [0.2, 0.25) is 0 Å². The van der Waals surface area contributed by atoms with Gasteiger partial charge < -0.3 is 14.2 Å². The van der Waals surface area contributed by atoms with Crippen molar-refractivity contribution >= 4 is 17.9 Å². The van der Waals surface area contributed by atoms with Gasteiger partial charge in [0.2, 0.25) is 5.90 Å². The highest BCUT2D eigenvalue weighted by molar-refractivity contribution is 6.12. The first kappa shape index (κ1) is 17.4. The lowest BCUT2D eigenvalue weighted by Crippen LogP contribution is -2.05. The molecule has 3 rings (SSSR count).